The van der Waals surface area contributed by atoms with Gasteiger partial charge in [-0.05, 0) is 18.3 Å². The van der Waals surface area contributed by atoms with Crippen LogP contribution in [-0.2, 0) is 11.8 Å². The number of hydrogen-bond donors (Lipinski definition) is 2. The highest BCUT2D eigenvalue weighted by Crippen LogP contribution is 2.42. The van der Waals surface area contributed by atoms with Gasteiger partial charge in [0.05, 0.1) is 12.0 Å². The Labute approximate surface area is 115 Å². The van der Waals surface area contributed by atoms with Gasteiger partial charge in [0.2, 0.25) is 0 Å². The second-order valence-corrected chi connectivity index (χ2v) is 5.80. The summed E-state index contributed by atoms with van der Waals surface area (Å²) in [5.74, 6) is 1.31. The van der Waals surface area contributed by atoms with E-state index in [2.05, 4.69) is 38.9 Å². The van der Waals surface area contributed by atoms with Crippen molar-refractivity contribution in [2.45, 2.75) is 32.1 Å². The molecule has 3 heterocycles. The summed E-state index contributed by atoms with van der Waals surface area (Å²) in [6.07, 6.45) is 5.12. The first-order chi connectivity index (χ1) is 9.58. The van der Waals surface area contributed by atoms with Gasteiger partial charge in [-0.15, -0.1) is 0 Å². The van der Waals surface area contributed by atoms with Gasteiger partial charge in [0.15, 0.2) is 11.5 Å². The number of imidazole rings is 1. The monoisotopic (exact) mass is 269 g/mol. The normalized spacial score (nSPS) is 16.7. The van der Waals surface area contributed by atoms with Crippen LogP contribution in [-0.4, -0.2) is 29.7 Å². The van der Waals surface area contributed by atoms with Crippen molar-refractivity contribution >= 4 is 17.0 Å². The fourth-order valence-corrected chi connectivity index (χ4v) is 3.02. The SMILES string of the molecule is CC1(C)CCc2nn(-c3ncnc4nc[nH]c34)c(N)c21. The Morgan fingerprint density at radius 1 is 1.30 bits per heavy atom. The average molecular weight is 269 g/mol. The third kappa shape index (κ3) is 1.34. The fourth-order valence-electron chi connectivity index (χ4n) is 3.02. The van der Waals surface area contributed by atoms with E-state index in [-0.39, 0.29) is 5.41 Å². The number of fused-ring (bicyclic) bond motifs is 2. The molecule has 20 heavy (non-hydrogen) atoms. The van der Waals surface area contributed by atoms with E-state index in [9.17, 15) is 0 Å². The van der Waals surface area contributed by atoms with Crippen LogP contribution in [0.5, 0.6) is 0 Å². The van der Waals surface area contributed by atoms with E-state index >= 15 is 0 Å². The summed E-state index contributed by atoms with van der Waals surface area (Å²) < 4.78 is 1.70. The van der Waals surface area contributed by atoms with Gasteiger partial charge in [0, 0.05) is 5.56 Å². The first kappa shape index (κ1) is 11.4. The summed E-state index contributed by atoms with van der Waals surface area (Å²) in [5, 5.41) is 4.64. The predicted molar refractivity (Wildman–Crippen MR) is 74.6 cm³/mol. The van der Waals surface area contributed by atoms with Crippen molar-refractivity contribution in [1.82, 2.24) is 29.7 Å². The van der Waals surface area contributed by atoms with Crippen LogP contribution < -0.4 is 5.73 Å². The standard InChI is InChI=1S/C13H15N7/c1-13(2)4-3-7-8(13)10(14)20(19-7)12-9-11(16-5-15-9)17-6-18-12/h5-6H,3-4,14H2,1-2H3,(H,15,16,17,18). The molecule has 0 radical (unpaired) electrons. The summed E-state index contributed by atoms with van der Waals surface area (Å²) >= 11 is 0. The Balaban J connectivity index is 1.99. The van der Waals surface area contributed by atoms with E-state index in [4.69, 9.17) is 5.73 Å². The highest BCUT2D eigenvalue weighted by atomic mass is 15.4. The number of nitrogens with one attached hydrogen (secondary N) is 1. The summed E-state index contributed by atoms with van der Waals surface area (Å²) in [4.78, 5) is 15.6. The maximum atomic E-state index is 6.33. The first-order valence-electron chi connectivity index (χ1n) is 6.60. The van der Waals surface area contributed by atoms with Crippen molar-refractivity contribution in [3.8, 4) is 5.82 Å². The number of nitrogens with two attached hydrogens (primary N) is 1. The molecule has 0 saturated heterocycles. The molecular weight excluding hydrogens is 254 g/mol. The number of rotatable bonds is 1. The lowest BCUT2D eigenvalue weighted by Gasteiger charge is -2.18. The smallest absolute Gasteiger partial charge is 0.184 e. The molecule has 1 aliphatic rings. The molecule has 7 nitrogen and oxygen atoms in total. The number of H-pyrrole nitrogens is 1. The lowest BCUT2D eigenvalue weighted by Crippen LogP contribution is -2.15. The van der Waals surface area contributed by atoms with Crippen molar-refractivity contribution in [2.24, 2.45) is 0 Å². The zero-order chi connectivity index (χ0) is 13.9. The molecule has 0 amide bonds. The van der Waals surface area contributed by atoms with Gasteiger partial charge >= 0.3 is 0 Å². The Morgan fingerprint density at radius 3 is 2.95 bits per heavy atom. The molecule has 0 fully saturated rings. The van der Waals surface area contributed by atoms with Gasteiger partial charge < -0.3 is 10.7 Å². The van der Waals surface area contributed by atoms with Crippen molar-refractivity contribution < 1.29 is 0 Å². The first-order valence-corrected chi connectivity index (χ1v) is 6.60. The molecule has 0 atom stereocenters. The largest absolute Gasteiger partial charge is 0.383 e. The third-order valence-electron chi connectivity index (χ3n) is 4.06. The highest BCUT2D eigenvalue weighted by Gasteiger charge is 2.36. The van der Waals surface area contributed by atoms with Crippen LogP contribution in [0.25, 0.3) is 17.0 Å². The number of nitrogens with zero attached hydrogens (tertiary/aromatic N) is 5. The molecule has 0 saturated carbocycles. The maximum Gasteiger partial charge on any atom is 0.184 e. The number of hydrogen-bond acceptors (Lipinski definition) is 5. The molecule has 0 bridgehead atoms. The van der Waals surface area contributed by atoms with E-state index < -0.39 is 0 Å². The van der Waals surface area contributed by atoms with E-state index in [1.807, 2.05) is 0 Å². The zero-order valence-electron chi connectivity index (χ0n) is 11.4. The van der Waals surface area contributed by atoms with Gasteiger partial charge in [0.25, 0.3) is 0 Å². The zero-order valence-corrected chi connectivity index (χ0v) is 11.4. The van der Waals surface area contributed by atoms with Crippen LogP contribution in [0.3, 0.4) is 0 Å². The summed E-state index contributed by atoms with van der Waals surface area (Å²) in [7, 11) is 0. The summed E-state index contributed by atoms with van der Waals surface area (Å²) in [5.41, 5.74) is 9.97. The molecule has 3 aromatic rings. The van der Waals surface area contributed by atoms with Crippen molar-refractivity contribution in [1.29, 1.82) is 0 Å². The van der Waals surface area contributed by atoms with Gasteiger partial charge in [-0.1, -0.05) is 13.8 Å². The van der Waals surface area contributed by atoms with Crippen LogP contribution in [0.15, 0.2) is 12.7 Å². The summed E-state index contributed by atoms with van der Waals surface area (Å²) in [6.45, 7) is 4.40. The number of aromatic amines is 1. The Morgan fingerprint density at radius 2 is 2.15 bits per heavy atom. The molecule has 3 N–H and O–H groups in total. The third-order valence-corrected chi connectivity index (χ3v) is 4.06. The van der Waals surface area contributed by atoms with Crippen LogP contribution >= 0.6 is 0 Å². The number of anilines is 1. The second-order valence-electron chi connectivity index (χ2n) is 5.80. The van der Waals surface area contributed by atoms with Crippen LogP contribution in [0.1, 0.15) is 31.5 Å². The minimum Gasteiger partial charge on any atom is -0.383 e. The lowest BCUT2D eigenvalue weighted by atomic mass is 9.87. The quantitative estimate of drug-likeness (QED) is 0.694. The Kier molecular flexibility index (Phi) is 2.03. The molecular formula is C13H15N7. The topological polar surface area (TPSA) is 98.3 Å². The second kappa shape index (κ2) is 3.56. The van der Waals surface area contributed by atoms with Crippen molar-refractivity contribution in [3.63, 3.8) is 0 Å². The molecule has 3 aromatic heterocycles. The molecule has 4 rings (SSSR count). The van der Waals surface area contributed by atoms with Gasteiger partial charge in [-0.25, -0.2) is 15.0 Å². The number of aromatic nitrogens is 6. The fraction of sp³-hybridized carbons (Fsp3) is 0.385. The van der Waals surface area contributed by atoms with Crippen molar-refractivity contribution in [2.75, 3.05) is 5.73 Å². The van der Waals surface area contributed by atoms with Gasteiger partial charge in [0.1, 0.15) is 17.7 Å². The minimum absolute atomic E-state index is 0.0673. The molecule has 0 spiro atoms. The van der Waals surface area contributed by atoms with Crippen LogP contribution in [0, 0.1) is 0 Å². The predicted octanol–water partition coefficient (Wildman–Crippen LogP) is 1.34. The minimum atomic E-state index is 0.0673. The molecule has 102 valence electrons. The number of nitrogen functional groups attached to an aromatic ring is 1. The van der Waals surface area contributed by atoms with E-state index in [1.165, 1.54) is 6.33 Å². The lowest BCUT2D eigenvalue weighted by molar-refractivity contribution is 0.519. The molecule has 7 heteroatoms. The maximum absolute atomic E-state index is 6.33. The van der Waals surface area contributed by atoms with Gasteiger partial charge in [-0.2, -0.15) is 9.78 Å². The van der Waals surface area contributed by atoms with Crippen LogP contribution in [0.4, 0.5) is 5.82 Å². The molecule has 0 aliphatic heterocycles. The highest BCUT2D eigenvalue weighted by molar-refractivity contribution is 5.78. The molecule has 1 aliphatic carbocycles. The summed E-state index contributed by atoms with van der Waals surface area (Å²) in [6, 6.07) is 0. The van der Waals surface area contributed by atoms with Gasteiger partial charge in [-0.3, -0.25) is 0 Å². The molecule has 0 aromatic carbocycles. The van der Waals surface area contributed by atoms with E-state index in [0.29, 0.717) is 17.3 Å². The van der Waals surface area contributed by atoms with E-state index in [1.54, 1.807) is 11.0 Å². The number of aryl methyl sites for hydroxylation is 1. The van der Waals surface area contributed by atoms with Crippen LogP contribution in [0.2, 0.25) is 0 Å². The van der Waals surface area contributed by atoms with E-state index in [0.717, 1.165) is 29.6 Å². The Bertz CT molecular complexity index is 811. The van der Waals surface area contributed by atoms with Crippen molar-refractivity contribution in [3.05, 3.63) is 23.9 Å². The molecule has 0 unspecified atom stereocenters. The Hall–Kier alpha value is -2.44. The average Bonchev–Trinajstić information content (AvgIpc) is 3.06.